The molecule has 0 rings (SSSR count). The molecule has 0 atom stereocenters. The molecule has 0 aliphatic carbocycles. The predicted molar refractivity (Wildman–Crippen MR) is 63.3 cm³/mol. The van der Waals surface area contributed by atoms with E-state index in [0.717, 1.165) is 44.5 Å². The van der Waals surface area contributed by atoms with Gasteiger partial charge in [-0.2, -0.15) is 0 Å². The fraction of sp³-hybridized carbons (Fsp3) is 0.909. The van der Waals surface area contributed by atoms with Gasteiger partial charge in [-0.15, -0.1) is 11.6 Å². The van der Waals surface area contributed by atoms with Crippen LogP contribution in [0.15, 0.2) is 0 Å². The molecular formula is C11H22ClNO2. The number of alkyl halides is 1. The lowest BCUT2D eigenvalue weighted by Crippen LogP contribution is -2.28. The molecule has 3 nitrogen and oxygen atoms in total. The van der Waals surface area contributed by atoms with Gasteiger partial charge in [-0.3, -0.25) is 4.79 Å². The first-order valence-corrected chi connectivity index (χ1v) is 6.25. The number of carbonyl (C=O) groups excluding carboxylic acids is 1. The van der Waals surface area contributed by atoms with Crippen LogP contribution in [0.25, 0.3) is 0 Å². The number of ether oxygens (including phenoxy) is 1. The first kappa shape index (κ1) is 14.7. The number of hydrogen-bond donors (Lipinski definition) is 1. The Labute approximate surface area is 97.5 Å². The van der Waals surface area contributed by atoms with E-state index >= 15 is 0 Å². The van der Waals surface area contributed by atoms with Crippen LogP contribution in [0.2, 0.25) is 0 Å². The van der Waals surface area contributed by atoms with Crippen LogP contribution >= 0.6 is 11.6 Å². The van der Waals surface area contributed by atoms with E-state index in [0.29, 0.717) is 6.61 Å². The summed E-state index contributed by atoms with van der Waals surface area (Å²) in [5.41, 5.74) is 0. The fourth-order valence-corrected chi connectivity index (χ4v) is 1.35. The van der Waals surface area contributed by atoms with Crippen molar-refractivity contribution in [2.75, 3.05) is 25.6 Å². The van der Waals surface area contributed by atoms with Gasteiger partial charge in [-0.25, -0.2) is 0 Å². The third-order valence-corrected chi connectivity index (χ3v) is 2.23. The highest BCUT2D eigenvalue weighted by Gasteiger charge is 1.99. The van der Waals surface area contributed by atoms with Gasteiger partial charge < -0.3 is 10.1 Å². The van der Waals surface area contributed by atoms with E-state index in [-0.39, 0.29) is 12.5 Å². The Morgan fingerprint density at radius 1 is 1.27 bits per heavy atom. The first-order chi connectivity index (χ1) is 7.31. The summed E-state index contributed by atoms with van der Waals surface area (Å²) < 4.78 is 5.11. The summed E-state index contributed by atoms with van der Waals surface area (Å²) in [6, 6.07) is 0. The zero-order chi connectivity index (χ0) is 11.4. The molecule has 0 unspecified atom stereocenters. The Morgan fingerprint density at radius 3 is 2.67 bits per heavy atom. The van der Waals surface area contributed by atoms with Crippen molar-refractivity contribution in [3.63, 3.8) is 0 Å². The van der Waals surface area contributed by atoms with Crippen LogP contribution in [0.1, 0.15) is 39.0 Å². The molecule has 0 spiro atoms. The van der Waals surface area contributed by atoms with Gasteiger partial charge in [0, 0.05) is 19.0 Å². The third-order valence-electron chi connectivity index (χ3n) is 1.96. The Balaban J connectivity index is 3.10. The van der Waals surface area contributed by atoms with Crippen molar-refractivity contribution in [1.82, 2.24) is 5.32 Å². The molecule has 1 N–H and O–H groups in total. The van der Waals surface area contributed by atoms with Crippen molar-refractivity contribution in [2.24, 2.45) is 0 Å². The summed E-state index contributed by atoms with van der Waals surface area (Å²) in [6.07, 6.45) is 5.31. The molecule has 15 heavy (non-hydrogen) atoms. The van der Waals surface area contributed by atoms with Crippen molar-refractivity contribution in [3.8, 4) is 0 Å². The first-order valence-electron chi connectivity index (χ1n) is 5.71. The average Bonchev–Trinajstić information content (AvgIpc) is 2.23. The standard InChI is InChI=1S/C11H22ClNO2/c1-2-9-15-10-11(14)13-8-6-4-3-5-7-12/h2-10H2,1H3,(H,13,14). The molecular weight excluding hydrogens is 214 g/mol. The molecule has 0 bridgehead atoms. The zero-order valence-corrected chi connectivity index (χ0v) is 10.3. The Kier molecular flexibility index (Phi) is 11.6. The number of amides is 1. The zero-order valence-electron chi connectivity index (χ0n) is 9.56. The lowest BCUT2D eigenvalue weighted by atomic mass is 10.2. The summed E-state index contributed by atoms with van der Waals surface area (Å²) in [4.78, 5) is 11.1. The van der Waals surface area contributed by atoms with Gasteiger partial charge in [0.1, 0.15) is 6.61 Å². The van der Waals surface area contributed by atoms with Crippen LogP contribution in [0.5, 0.6) is 0 Å². The molecule has 0 saturated carbocycles. The van der Waals surface area contributed by atoms with Gasteiger partial charge >= 0.3 is 0 Å². The van der Waals surface area contributed by atoms with Crippen molar-refractivity contribution >= 4 is 17.5 Å². The Morgan fingerprint density at radius 2 is 2.00 bits per heavy atom. The summed E-state index contributed by atoms with van der Waals surface area (Å²) in [5, 5.41) is 2.82. The summed E-state index contributed by atoms with van der Waals surface area (Å²) in [6.45, 7) is 3.62. The van der Waals surface area contributed by atoms with E-state index < -0.39 is 0 Å². The maximum Gasteiger partial charge on any atom is 0.245 e. The second-order valence-corrected chi connectivity index (χ2v) is 3.88. The molecule has 1 amide bonds. The van der Waals surface area contributed by atoms with E-state index in [4.69, 9.17) is 16.3 Å². The average molecular weight is 236 g/mol. The number of unbranched alkanes of at least 4 members (excludes halogenated alkanes) is 3. The quantitative estimate of drug-likeness (QED) is 0.466. The van der Waals surface area contributed by atoms with Crippen molar-refractivity contribution in [1.29, 1.82) is 0 Å². The largest absolute Gasteiger partial charge is 0.372 e. The normalized spacial score (nSPS) is 10.3. The molecule has 90 valence electrons. The van der Waals surface area contributed by atoms with Crippen LogP contribution in [-0.4, -0.2) is 31.5 Å². The van der Waals surface area contributed by atoms with E-state index in [1.807, 2.05) is 6.92 Å². The summed E-state index contributed by atoms with van der Waals surface area (Å²) in [5.74, 6) is 0.720. The highest BCUT2D eigenvalue weighted by molar-refractivity contribution is 6.17. The lowest BCUT2D eigenvalue weighted by molar-refractivity contribution is -0.125. The molecule has 0 aromatic carbocycles. The Hall–Kier alpha value is -0.280. The lowest BCUT2D eigenvalue weighted by Gasteiger charge is -2.05. The van der Waals surface area contributed by atoms with E-state index in [9.17, 15) is 4.79 Å². The second-order valence-electron chi connectivity index (χ2n) is 3.51. The molecule has 0 fully saturated rings. The fourth-order valence-electron chi connectivity index (χ4n) is 1.16. The van der Waals surface area contributed by atoms with Gasteiger partial charge in [0.15, 0.2) is 0 Å². The monoisotopic (exact) mass is 235 g/mol. The SMILES string of the molecule is CCCOCC(=O)NCCCCCCCl. The van der Waals surface area contributed by atoms with Gasteiger partial charge in [-0.05, 0) is 19.3 Å². The van der Waals surface area contributed by atoms with Crippen molar-refractivity contribution in [2.45, 2.75) is 39.0 Å². The van der Waals surface area contributed by atoms with Gasteiger partial charge in [-0.1, -0.05) is 19.8 Å². The third kappa shape index (κ3) is 11.6. The molecule has 0 aliphatic rings. The van der Waals surface area contributed by atoms with E-state index in [1.54, 1.807) is 0 Å². The number of halogens is 1. The minimum Gasteiger partial charge on any atom is -0.372 e. The molecule has 0 heterocycles. The molecule has 4 heteroatoms. The van der Waals surface area contributed by atoms with Crippen LogP contribution in [0.4, 0.5) is 0 Å². The predicted octanol–water partition coefficient (Wildman–Crippen LogP) is 2.33. The Bertz CT molecular complexity index is 154. The van der Waals surface area contributed by atoms with Crippen LogP contribution in [-0.2, 0) is 9.53 Å². The van der Waals surface area contributed by atoms with E-state index in [1.165, 1.54) is 0 Å². The number of carbonyl (C=O) groups is 1. The topological polar surface area (TPSA) is 38.3 Å². The maximum atomic E-state index is 11.1. The number of rotatable bonds is 10. The minimum atomic E-state index is -0.0132. The van der Waals surface area contributed by atoms with E-state index in [2.05, 4.69) is 5.32 Å². The molecule has 0 aromatic heterocycles. The van der Waals surface area contributed by atoms with Crippen LogP contribution in [0.3, 0.4) is 0 Å². The molecule has 0 aromatic rings. The highest BCUT2D eigenvalue weighted by atomic mass is 35.5. The van der Waals surface area contributed by atoms with Crippen LogP contribution in [0, 0.1) is 0 Å². The van der Waals surface area contributed by atoms with Gasteiger partial charge in [0.2, 0.25) is 5.91 Å². The second kappa shape index (κ2) is 11.8. The minimum absolute atomic E-state index is 0.0132. The molecule has 0 radical (unpaired) electrons. The number of nitrogens with one attached hydrogen (secondary N) is 1. The molecule has 0 aliphatic heterocycles. The highest BCUT2D eigenvalue weighted by Crippen LogP contribution is 1.99. The van der Waals surface area contributed by atoms with Crippen molar-refractivity contribution in [3.05, 3.63) is 0 Å². The molecule has 0 saturated heterocycles. The number of hydrogen-bond acceptors (Lipinski definition) is 2. The van der Waals surface area contributed by atoms with Gasteiger partial charge in [0.05, 0.1) is 0 Å². The maximum absolute atomic E-state index is 11.1. The summed E-state index contributed by atoms with van der Waals surface area (Å²) >= 11 is 5.55. The van der Waals surface area contributed by atoms with Crippen molar-refractivity contribution < 1.29 is 9.53 Å². The smallest absolute Gasteiger partial charge is 0.245 e. The van der Waals surface area contributed by atoms with Gasteiger partial charge in [0.25, 0.3) is 0 Å². The summed E-state index contributed by atoms with van der Waals surface area (Å²) in [7, 11) is 0. The van der Waals surface area contributed by atoms with Crippen LogP contribution < -0.4 is 5.32 Å².